The molecule has 0 bridgehead atoms. The van der Waals surface area contributed by atoms with Crippen molar-refractivity contribution >= 4 is 0 Å². The highest BCUT2D eigenvalue weighted by molar-refractivity contribution is 5.15. The minimum atomic E-state index is -0.209. The predicted molar refractivity (Wildman–Crippen MR) is 52.2 cm³/mol. The summed E-state index contributed by atoms with van der Waals surface area (Å²) in [5.74, 6) is -0.209. The first kappa shape index (κ1) is 9.62. The van der Waals surface area contributed by atoms with Crippen molar-refractivity contribution in [2.24, 2.45) is 5.73 Å². The van der Waals surface area contributed by atoms with E-state index in [-0.39, 0.29) is 5.82 Å². The second-order valence-electron chi connectivity index (χ2n) is 3.79. The van der Waals surface area contributed by atoms with Crippen LogP contribution in [-0.2, 0) is 11.3 Å². The van der Waals surface area contributed by atoms with E-state index >= 15 is 0 Å². The Kier molecular flexibility index (Phi) is 2.79. The first-order valence-corrected chi connectivity index (χ1v) is 4.85. The topological polar surface area (TPSA) is 35.2 Å². The van der Waals surface area contributed by atoms with Crippen molar-refractivity contribution in [2.75, 3.05) is 0 Å². The minimum Gasteiger partial charge on any atom is -0.373 e. The Hall–Kier alpha value is -0.930. The number of nitrogens with two attached hydrogens (primary N) is 1. The monoisotopic (exact) mass is 195 g/mol. The molecule has 1 aliphatic rings. The van der Waals surface area contributed by atoms with E-state index in [4.69, 9.17) is 10.5 Å². The molecule has 0 amide bonds. The van der Waals surface area contributed by atoms with E-state index < -0.39 is 0 Å². The number of ether oxygens (including phenoxy) is 1. The van der Waals surface area contributed by atoms with Crippen LogP contribution in [0.1, 0.15) is 18.4 Å². The molecule has 0 atom stereocenters. The summed E-state index contributed by atoms with van der Waals surface area (Å²) in [6, 6.07) is 6.70. The largest absolute Gasteiger partial charge is 0.373 e. The summed E-state index contributed by atoms with van der Waals surface area (Å²) >= 11 is 0. The molecule has 0 saturated heterocycles. The van der Waals surface area contributed by atoms with Gasteiger partial charge in [0, 0.05) is 6.04 Å². The van der Waals surface area contributed by atoms with Crippen LogP contribution in [0.5, 0.6) is 0 Å². The van der Waals surface area contributed by atoms with Crippen molar-refractivity contribution in [1.29, 1.82) is 0 Å². The van der Waals surface area contributed by atoms with Crippen LogP contribution in [0.15, 0.2) is 24.3 Å². The first-order valence-electron chi connectivity index (χ1n) is 4.85. The summed E-state index contributed by atoms with van der Waals surface area (Å²) in [7, 11) is 0. The molecule has 76 valence electrons. The third-order valence-electron chi connectivity index (χ3n) is 2.53. The molecule has 0 radical (unpaired) electrons. The van der Waals surface area contributed by atoms with E-state index in [9.17, 15) is 4.39 Å². The molecule has 0 heterocycles. The lowest BCUT2D eigenvalue weighted by atomic mass is 9.90. The summed E-state index contributed by atoms with van der Waals surface area (Å²) in [5, 5.41) is 0. The number of hydrogen-bond acceptors (Lipinski definition) is 2. The second kappa shape index (κ2) is 4.07. The molecule has 1 aliphatic carbocycles. The Bertz CT molecular complexity index is 293. The van der Waals surface area contributed by atoms with Gasteiger partial charge < -0.3 is 10.5 Å². The van der Waals surface area contributed by atoms with Crippen molar-refractivity contribution in [1.82, 2.24) is 0 Å². The van der Waals surface area contributed by atoms with Gasteiger partial charge >= 0.3 is 0 Å². The van der Waals surface area contributed by atoms with Gasteiger partial charge in [-0.15, -0.1) is 0 Å². The van der Waals surface area contributed by atoms with E-state index in [2.05, 4.69) is 0 Å². The summed E-state index contributed by atoms with van der Waals surface area (Å²) in [6.45, 7) is 0.553. The maximum absolute atomic E-state index is 12.6. The Morgan fingerprint density at radius 3 is 2.50 bits per heavy atom. The van der Waals surface area contributed by atoms with Gasteiger partial charge in [-0.2, -0.15) is 0 Å². The van der Waals surface area contributed by atoms with Crippen LogP contribution in [0, 0.1) is 5.82 Å². The van der Waals surface area contributed by atoms with Crippen LogP contribution < -0.4 is 5.73 Å². The normalized spacial score (nSPS) is 25.9. The molecular weight excluding hydrogens is 181 g/mol. The molecule has 1 aromatic rings. The molecule has 2 rings (SSSR count). The van der Waals surface area contributed by atoms with Crippen molar-refractivity contribution in [3.8, 4) is 0 Å². The maximum Gasteiger partial charge on any atom is 0.123 e. The molecule has 1 aromatic carbocycles. The van der Waals surface area contributed by atoms with Gasteiger partial charge in [0.05, 0.1) is 12.7 Å². The number of rotatable bonds is 3. The Morgan fingerprint density at radius 2 is 1.93 bits per heavy atom. The predicted octanol–water partition coefficient (Wildman–Crippen LogP) is 1.83. The lowest BCUT2D eigenvalue weighted by molar-refractivity contribution is -0.0188. The zero-order valence-corrected chi connectivity index (χ0v) is 7.95. The molecule has 2 nitrogen and oxygen atoms in total. The molecule has 0 spiro atoms. The average Bonchev–Trinajstić information content (AvgIpc) is 2.13. The lowest BCUT2D eigenvalue weighted by Crippen LogP contribution is -2.41. The van der Waals surface area contributed by atoms with Gasteiger partial charge in [0.2, 0.25) is 0 Å². The zero-order chi connectivity index (χ0) is 9.97. The zero-order valence-electron chi connectivity index (χ0n) is 7.95. The summed E-state index contributed by atoms with van der Waals surface area (Å²) in [6.07, 6.45) is 2.19. The van der Waals surface area contributed by atoms with Crippen LogP contribution in [0.4, 0.5) is 4.39 Å². The van der Waals surface area contributed by atoms with E-state index in [0.29, 0.717) is 18.8 Å². The molecule has 2 N–H and O–H groups in total. The second-order valence-corrected chi connectivity index (χ2v) is 3.79. The smallest absolute Gasteiger partial charge is 0.123 e. The lowest BCUT2D eigenvalue weighted by Gasteiger charge is -2.32. The molecule has 0 aliphatic heterocycles. The van der Waals surface area contributed by atoms with Gasteiger partial charge in [-0.1, -0.05) is 12.1 Å². The molecule has 14 heavy (non-hydrogen) atoms. The standard InChI is InChI=1S/C11H14FNO/c12-9-3-1-8(2-4-9)7-14-11-5-10(13)6-11/h1-4,10-11H,5-7,13H2. The average molecular weight is 195 g/mol. The number of halogens is 1. The van der Waals surface area contributed by atoms with Crippen molar-refractivity contribution in [3.63, 3.8) is 0 Å². The van der Waals surface area contributed by atoms with Crippen LogP contribution in [0.25, 0.3) is 0 Å². The SMILES string of the molecule is NC1CC(OCc2ccc(F)cc2)C1. The number of benzene rings is 1. The fourth-order valence-corrected chi connectivity index (χ4v) is 1.54. The summed E-state index contributed by atoms with van der Waals surface area (Å²) in [4.78, 5) is 0. The highest BCUT2D eigenvalue weighted by Crippen LogP contribution is 2.22. The van der Waals surface area contributed by atoms with Gasteiger partial charge in [0.1, 0.15) is 5.82 Å². The maximum atomic E-state index is 12.6. The van der Waals surface area contributed by atoms with Gasteiger partial charge in [-0.05, 0) is 30.5 Å². The highest BCUT2D eigenvalue weighted by atomic mass is 19.1. The van der Waals surface area contributed by atoms with Crippen LogP contribution >= 0.6 is 0 Å². The fraction of sp³-hybridized carbons (Fsp3) is 0.455. The van der Waals surface area contributed by atoms with E-state index in [1.807, 2.05) is 0 Å². The van der Waals surface area contributed by atoms with Crippen LogP contribution in [-0.4, -0.2) is 12.1 Å². The molecular formula is C11H14FNO. The van der Waals surface area contributed by atoms with Crippen LogP contribution in [0.3, 0.4) is 0 Å². The molecule has 3 heteroatoms. The van der Waals surface area contributed by atoms with Gasteiger partial charge in [-0.3, -0.25) is 0 Å². The Morgan fingerprint density at radius 1 is 1.29 bits per heavy atom. The summed E-state index contributed by atoms with van der Waals surface area (Å²) in [5.41, 5.74) is 6.63. The Labute approximate surface area is 82.9 Å². The first-order chi connectivity index (χ1) is 6.74. The van der Waals surface area contributed by atoms with Crippen molar-refractivity contribution in [2.45, 2.75) is 31.6 Å². The van der Waals surface area contributed by atoms with Crippen molar-refractivity contribution < 1.29 is 9.13 Å². The Balaban J connectivity index is 1.78. The van der Waals surface area contributed by atoms with E-state index in [1.54, 1.807) is 12.1 Å². The highest BCUT2D eigenvalue weighted by Gasteiger charge is 2.26. The van der Waals surface area contributed by atoms with Crippen molar-refractivity contribution in [3.05, 3.63) is 35.6 Å². The van der Waals surface area contributed by atoms with Gasteiger partial charge in [0.15, 0.2) is 0 Å². The minimum absolute atomic E-state index is 0.209. The van der Waals surface area contributed by atoms with E-state index in [0.717, 1.165) is 18.4 Å². The fourth-order valence-electron chi connectivity index (χ4n) is 1.54. The number of hydrogen-bond donors (Lipinski definition) is 1. The van der Waals surface area contributed by atoms with Gasteiger partial charge in [-0.25, -0.2) is 4.39 Å². The third-order valence-corrected chi connectivity index (χ3v) is 2.53. The van der Waals surface area contributed by atoms with Crippen LogP contribution in [0.2, 0.25) is 0 Å². The third kappa shape index (κ3) is 2.30. The molecule has 0 aromatic heterocycles. The van der Waals surface area contributed by atoms with E-state index in [1.165, 1.54) is 12.1 Å². The quantitative estimate of drug-likeness (QED) is 0.798. The molecule has 1 saturated carbocycles. The van der Waals surface area contributed by atoms with Gasteiger partial charge in [0.25, 0.3) is 0 Å². The molecule has 1 fully saturated rings. The summed E-state index contributed by atoms with van der Waals surface area (Å²) < 4.78 is 18.1. The molecule has 0 unspecified atom stereocenters.